The van der Waals surface area contributed by atoms with Gasteiger partial charge in [-0.15, -0.1) is 22.7 Å². The van der Waals surface area contributed by atoms with Gasteiger partial charge < -0.3 is 0 Å². The zero-order valence-corrected chi connectivity index (χ0v) is 14.0. The average molecular weight is 290 g/mol. The molecule has 0 aliphatic carbocycles. The van der Waals surface area contributed by atoms with Crippen LogP contribution in [0.2, 0.25) is 0 Å². The number of aryl methyl sites for hydroxylation is 1. The van der Waals surface area contributed by atoms with Crippen LogP contribution in [-0.4, -0.2) is 0 Å². The summed E-state index contributed by atoms with van der Waals surface area (Å²) in [7, 11) is 0. The minimum atomic E-state index is 0.682. The van der Waals surface area contributed by atoms with Crippen molar-refractivity contribution in [3.8, 4) is 0 Å². The number of thiophene rings is 2. The van der Waals surface area contributed by atoms with Crippen LogP contribution in [0.25, 0.3) is 20.2 Å². The monoisotopic (exact) mass is 290 g/mol. The molecule has 1 unspecified atom stereocenters. The Morgan fingerprint density at radius 2 is 1.84 bits per heavy atom. The van der Waals surface area contributed by atoms with Crippen LogP contribution >= 0.6 is 22.7 Å². The van der Waals surface area contributed by atoms with Crippen molar-refractivity contribution in [2.75, 3.05) is 0 Å². The smallest absolute Gasteiger partial charge is 0.0435 e. The summed E-state index contributed by atoms with van der Waals surface area (Å²) in [6.07, 6.45) is 1.22. The lowest BCUT2D eigenvalue weighted by Crippen LogP contribution is -1.88. The van der Waals surface area contributed by atoms with Gasteiger partial charge in [-0.25, -0.2) is 0 Å². The first-order chi connectivity index (χ1) is 9.22. The molecule has 0 aliphatic rings. The van der Waals surface area contributed by atoms with E-state index in [1.165, 1.54) is 32.2 Å². The molecule has 2 heterocycles. The van der Waals surface area contributed by atoms with Crippen LogP contribution in [0.15, 0.2) is 23.6 Å². The minimum absolute atomic E-state index is 0.682. The first kappa shape index (κ1) is 14.5. The SMILES string of the molecule is CC.CCC(C)c1sc2c(ccc3sccc32)c1C. The van der Waals surface area contributed by atoms with Gasteiger partial charge in [0.25, 0.3) is 0 Å². The Morgan fingerprint density at radius 1 is 1.11 bits per heavy atom. The molecule has 0 spiro atoms. The molecular formula is C17H22S2. The van der Waals surface area contributed by atoms with E-state index in [0.717, 1.165) is 0 Å². The number of benzene rings is 1. The van der Waals surface area contributed by atoms with E-state index in [9.17, 15) is 0 Å². The van der Waals surface area contributed by atoms with Crippen LogP contribution in [0.4, 0.5) is 0 Å². The maximum Gasteiger partial charge on any atom is 0.0435 e. The number of fused-ring (bicyclic) bond motifs is 3. The molecule has 3 rings (SSSR count). The average Bonchev–Trinajstić information content (AvgIpc) is 3.04. The molecule has 0 saturated heterocycles. The molecule has 0 saturated carbocycles. The summed E-state index contributed by atoms with van der Waals surface area (Å²) < 4.78 is 2.89. The van der Waals surface area contributed by atoms with Crippen molar-refractivity contribution >= 4 is 42.8 Å². The lowest BCUT2D eigenvalue weighted by Gasteiger charge is -2.06. The van der Waals surface area contributed by atoms with E-state index in [0.29, 0.717) is 5.92 Å². The number of rotatable bonds is 2. The normalized spacial score (nSPS) is 12.5. The van der Waals surface area contributed by atoms with Crippen molar-refractivity contribution in [2.24, 2.45) is 0 Å². The zero-order chi connectivity index (χ0) is 14.0. The Morgan fingerprint density at radius 3 is 2.53 bits per heavy atom. The molecule has 0 bridgehead atoms. The first-order valence-electron chi connectivity index (χ1n) is 7.11. The highest BCUT2D eigenvalue weighted by Gasteiger charge is 2.14. The second kappa shape index (κ2) is 6.06. The summed E-state index contributed by atoms with van der Waals surface area (Å²) in [5.74, 6) is 0.682. The van der Waals surface area contributed by atoms with Crippen LogP contribution < -0.4 is 0 Å². The van der Waals surface area contributed by atoms with Crippen LogP contribution in [-0.2, 0) is 0 Å². The van der Waals surface area contributed by atoms with E-state index in [-0.39, 0.29) is 0 Å². The molecule has 2 heteroatoms. The van der Waals surface area contributed by atoms with E-state index in [2.05, 4.69) is 44.4 Å². The molecule has 0 nitrogen and oxygen atoms in total. The molecule has 0 radical (unpaired) electrons. The van der Waals surface area contributed by atoms with Crippen LogP contribution in [0.5, 0.6) is 0 Å². The molecule has 3 aromatic rings. The predicted octanol–water partition coefficient (Wildman–Crippen LogP) is 6.96. The van der Waals surface area contributed by atoms with Gasteiger partial charge >= 0.3 is 0 Å². The lowest BCUT2D eigenvalue weighted by molar-refractivity contribution is 0.744. The third-order valence-corrected chi connectivity index (χ3v) is 6.09. The van der Waals surface area contributed by atoms with Gasteiger partial charge in [0.1, 0.15) is 0 Å². The van der Waals surface area contributed by atoms with Gasteiger partial charge in [0.2, 0.25) is 0 Å². The highest BCUT2D eigenvalue weighted by molar-refractivity contribution is 7.22. The molecule has 0 fully saturated rings. The van der Waals surface area contributed by atoms with Crippen molar-refractivity contribution < 1.29 is 0 Å². The predicted molar refractivity (Wildman–Crippen MR) is 92.0 cm³/mol. The molecule has 2 aromatic heterocycles. The Labute approximate surface area is 124 Å². The fourth-order valence-corrected chi connectivity index (χ4v) is 4.73. The van der Waals surface area contributed by atoms with E-state index in [1.54, 1.807) is 4.88 Å². The molecular weight excluding hydrogens is 268 g/mol. The fraction of sp³-hybridized carbons (Fsp3) is 0.412. The second-order valence-electron chi connectivity index (χ2n) is 4.68. The molecule has 0 N–H and O–H groups in total. The summed E-state index contributed by atoms with van der Waals surface area (Å²) in [5, 5.41) is 5.09. The molecule has 0 aliphatic heterocycles. The number of hydrogen-bond donors (Lipinski definition) is 0. The third kappa shape index (κ3) is 2.44. The van der Waals surface area contributed by atoms with Crippen molar-refractivity contribution in [1.29, 1.82) is 0 Å². The summed E-state index contributed by atoms with van der Waals surface area (Å²) in [5.41, 5.74) is 1.49. The van der Waals surface area contributed by atoms with Gasteiger partial charge in [-0.05, 0) is 47.7 Å². The van der Waals surface area contributed by atoms with Gasteiger partial charge in [0.05, 0.1) is 0 Å². The van der Waals surface area contributed by atoms with E-state index in [4.69, 9.17) is 0 Å². The topological polar surface area (TPSA) is 0 Å². The standard InChI is InChI=1S/C15H16S2.C2H6/c1-4-9(2)14-10(3)11-5-6-13-12(7-8-16-13)15(11)17-14;1-2/h5-9H,4H2,1-3H3;1-2H3. The van der Waals surface area contributed by atoms with Crippen LogP contribution in [0.3, 0.4) is 0 Å². The largest absolute Gasteiger partial charge is 0.144 e. The molecule has 102 valence electrons. The van der Waals surface area contributed by atoms with Crippen LogP contribution in [0.1, 0.15) is 50.5 Å². The first-order valence-corrected chi connectivity index (χ1v) is 8.81. The number of hydrogen-bond acceptors (Lipinski definition) is 2. The lowest BCUT2D eigenvalue weighted by atomic mass is 10.0. The zero-order valence-electron chi connectivity index (χ0n) is 12.4. The highest BCUT2D eigenvalue weighted by atomic mass is 32.1. The minimum Gasteiger partial charge on any atom is -0.144 e. The molecule has 0 amide bonds. The van der Waals surface area contributed by atoms with E-state index < -0.39 is 0 Å². The van der Waals surface area contributed by atoms with Crippen molar-refractivity contribution in [2.45, 2.75) is 47.0 Å². The van der Waals surface area contributed by atoms with Gasteiger partial charge in [-0.2, -0.15) is 0 Å². The fourth-order valence-electron chi connectivity index (χ4n) is 2.40. The molecule has 1 atom stereocenters. The van der Waals surface area contributed by atoms with Crippen molar-refractivity contribution in [1.82, 2.24) is 0 Å². The molecule has 1 aromatic carbocycles. The van der Waals surface area contributed by atoms with Gasteiger partial charge in [-0.3, -0.25) is 0 Å². The van der Waals surface area contributed by atoms with Crippen molar-refractivity contribution in [3.05, 3.63) is 34.0 Å². The summed E-state index contributed by atoms with van der Waals surface area (Å²) in [6, 6.07) is 6.83. The Hall–Kier alpha value is -0.860. The van der Waals surface area contributed by atoms with Gasteiger partial charge in [0.15, 0.2) is 0 Å². The Bertz CT molecular complexity index is 673. The summed E-state index contributed by atoms with van der Waals surface area (Å²) in [4.78, 5) is 1.57. The summed E-state index contributed by atoms with van der Waals surface area (Å²) >= 11 is 3.84. The van der Waals surface area contributed by atoms with Crippen LogP contribution in [0, 0.1) is 6.92 Å². The Balaban J connectivity index is 0.000000637. The van der Waals surface area contributed by atoms with Crippen molar-refractivity contribution in [3.63, 3.8) is 0 Å². The summed E-state index contributed by atoms with van der Waals surface area (Å²) in [6.45, 7) is 10.9. The maximum atomic E-state index is 2.34. The molecule has 19 heavy (non-hydrogen) atoms. The third-order valence-electron chi connectivity index (χ3n) is 3.63. The highest BCUT2D eigenvalue weighted by Crippen LogP contribution is 2.41. The Kier molecular flexibility index (Phi) is 4.64. The maximum absolute atomic E-state index is 2.34. The second-order valence-corrected chi connectivity index (χ2v) is 6.68. The van der Waals surface area contributed by atoms with Gasteiger partial charge in [0, 0.05) is 19.7 Å². The van der Waals surface area contributed by atoms with Gasteiger partial charge in [-0.1, -0.05) is 33.8 Å². The van der Waals surface area contributed by atoms with E-state index >= 15 is 0 Å². The van der Waals surface area contributed by atoms with E-state index in [1.807, 2.05) is 36.5 Å². The quantitative estimate of drug-likeness (QED) is 0.478.